The van der Waals surface area contributed by atoms with E-state index in [1.165, 1.54) is 12.4 Å². The van der Waals surface area contributed by atoms with E-state index in [0.717, 1.165) is 11.3 Å². The number of pyridine rings is 1. The lowest BCUT2D eigenvalue weighted by molar-refractivity contribution is 0.0955. The molecule has 0 atom stereocenters. The Kier molecular flexibility index (Phi) is 5.39. The molecule has 1 aromatic heterocycles. The van der Waals surface area contributed by atoms with Crippen molar-refractivity contribution < 1.29 is 9.53 Å². The van der Waals surface area contributed by atoms with Crippen molar-refractivity contribution in [1.29, 1.82) is 0 Å². The molecule has 0 spiro atoms. The minimum atomic E-state index is -0.425. The summed E-state index contributed by atoms with van der Waals surface area (Å²) in [6.07, 6.45) is 3.04. The average molecular weight is 352 g/mol. The molecule has 5 nitrogen and oxygen atoms in total. The fourth-order valence-electron chi connectivity index (χ4n) is 2.06. The first-order chi connectivity index (χ1) is 12.2. The van der Waals surface area contributed by atoms with Crippen molar-refractivity contribution >= 4 is 23.7 Å². The molecule has 1 amide bonds. The maximum Gasteiger partial charge on any atom is 0.274 e. The van der Waals surface area contributed by atoms with E-state index in [0.29, 0.717) is 5.75 Å². The van der Waals surface area contributed by atoms with E-state index in [1.54, 1.807) is 12.1 Å². The van der Waals surface area contributed by atoms with Gasteiger partial charge in [0, 0.05) is 6.20 Å². The summed E-state index contributed by atoms with van der Waals surface area (Å²) in [5.41, 5.74) is 3.47. The van der Waals surface area contributed by atoms with Crippen molar-refractivity contribution in [3.05, 3.63) is 89.2 Å². The summed E-state index contributed by atoms with van der Waals surface area (Å²) in [7, 11) is 0. The number of rotatable bonds is 5. The number of aromatic nitrogens is 1. The van der Waals surface area contributed by atoms with E-state index in [4.69, 9.17) is 16.3 Å². The number of hydrogen-bond acceptors (Lipinski definition) is 4. The van der Waals surface area contributed by atoms with Crippen molar-refractivity contribution in [3.8, 4) is 11.5 Å². The fraction of sp³-hybridized carbons (Fsp3) is 0. The van der Waals surface area contributed by atoms with Gasteiger partial charge in [0.2, 0.25) is 0 Å². The highest BCUT2D eigenvalue weighted by molar-refractivity contribution is 6.32. The number of ether oxygens (including phenoxy) is 1. The zero-order valence-corrected chi connectivity index (χ0v) is 13.9. The Hall–Kier alpha value is -3.18. The Balaban J connectivity index is 1.65. The first kappa shape index (κ1) is 16.7. The highest BCUT2D eigenvalue weighted by Crippen LogP contribution is 2.21. The summed E-state index contributed by atoms with van der Waals surface area (Å²) in [4.78, 5) is 15.8. The van der Waals surface area contributed by atoms with Gasteiger partial charge in [-0.25, -0.2) is 10.4 Å². The standard InChI is InChI=1S/C19H14ClN3O2/c20-18-17(10-5-11-21-18)19(24)23-22-13-14-6-4-9-16(12-14)25-15-7-2-1-3-8-15/h1-13H,(H,23,24). The van der Waals surface area contributed by atoms with E-state index in [1.807, 2.05) is 54.6 Å². The summed E-state index contributed by atoms with van der Waals surface area (Å²) in [5, 5.41) is 4.07. The number of nitrogens with zero attached hydrogens (tertiary/aromatic N) is 2. The third-order valence-electron chi connectivity index (χ3n) is 3.22. The van der Waals surface area contributed by atoms with Gasteiger partial charge in [0.1, 0.15) is 16.7 Å². The minimum Gasteiger partial charge on any atom is -0.457 e. The molecule has 3 rings (SSSR count). The Morgan fingerprint density at radius 2 is 1.84 bits per heavy atom. The molecular weight excluding hydrogens is 338 g/mol. The summed E-state index contributed by atoms with van der Waals surface area (Å²) >= 11 is 5.87. The van der Waals surface area contributed by atoms with Crippen LogP contribution in [0.25, 0.3) is 0 Å². The van der Waals surface area contributed by atoms with Gasteiger partial charge in [-0.2, -0.15) is 5.10 Å². The molecule has 0 aliphatic rings. The zero-order chi connectivity index (χ0) is 17.5. The molecule has 0 saturated carbocycles. The lowest BCUT2D eigenvalue weighted by atomic mass is 10.2. The number of amides is 1. The van der Waals surface area contributed by atoms with Gasteiger partial charge >= 0.3 is 0 Å². The van der Waals surface area contributed by atoms with Crippen LogP contribution in [0.4, 0.5) is 0 Å². The first-order valence-electron chi connectivity index (χ1n) is 7.49. The van der Waals surface area contributed by atoms with Crippen molar-refractivity contribution in [2.75, 3.05) is 0 Å². The SMILES string of the molecule is O=C(NN=Cc1cccc(Oc2ccccc2)c1)c1cccnc1Cl. The largest absolute Gasteiger partial charge is 0.457 e. The zero-order valence-electron chi connectivity index (χ0n) is 13.1. The smallest absolute Gasteiger partial charge is 0.274 e. The number of benzene rings is 2. The first-order valence-corrected chi connectivity index (χ1v) is 7.87. The monoisotopic (exact) mass is 351 g/mol. The molecule has 0 radical (unpaired) electrons. The number of carbonyl (C=O) groups is 1. The third kappa shape index (κ3) is 4.65. The van der Waals surface area contributed by atoms with Crippen LogP contribution in [0.1, 0.15) is 15.9 Å². The second kappa shape index (κ2) is 8.08. The highest BCUT2D eigenvalue weighted by Gasteiger charge is 2.09. The molecular formula is C19H14ClN3O2. The average Bonchev–Trinajstić information content (AvgIpc) is 2.63. The Morgan fingerprint density at radius 3 is 2.64 bits per heavy atom. The molecule has 0 bridgehead atoms. The van der Waals surface area contributed by atoms with E-state index in [-0.39, 0.29) is 10.7 Å². The second-order valence-corrected chi connectivity index (χ2v) is 5.39. The molecule has 124 valence electrons. The lowest BCUT2D eigenvalue weighted by Gasteiger charge is -2.05. The number of para-hydroxylation sites is 1. The van der Waals surface area contributed by atoms with E-state index in [9.17, 15) is 4.79 Å². The van der Waals surface area contributed by atoms with Crippen LogP contribution in [0.2, 0.25) is 5.15 Å². The van der Waals surface area contributed by atoms with Crippen LogP contribution in [-0.4, -0.2) is 17.1 Å². The Morgan fingerprint density at radius 1 is 1.04 bits per heavy atom. The molecule has 2 aromatic carbocycles. The van der Waals surface area contributed by atoms with E-state index < -0.39 is 5.91 Å². The molecule has 1 N–H and O–H groups in total. The summed E-state index contributed by atoms with van der Waals surface area (Å²) in [6.45, 7) is 0. The van der Waals surface area contributed by atoms with Crippen molar-refractivity contribution in [1.82, 2.24) is 10.4 Å². The van der Waals surface area contributed by atoms with Gasteiger partial charge < -0.3 is 4.74 Å². The van der Waals surface area contributed by atoms with Crippen molar-refractivity contribution in [3.63, 3.8) is 0 Å². The normalized spacial score (nSPS) is 10.6. The summed E-state index contributed by atoms with van der Waals surface area (Å²) < 4.78 is 5.76. The van der Waals surface area contributed by atoms with E-state index >= 15 is 0 Å². The second-order valence-electron chi connectivity index (χ2n) is 5.03. The van der Waals surface area contributed by atoms with Crippen LogP contribution in [0, 0.1) is 0 Å². The number of halogens is 1. The van der Waals surface area contributed by atoms with E-state index in [2.05, 4.69) is 15.5 Å². The quantitative estimate of drug-likeness (QED) is 0.423. The van der Waals surface area contributed by atoms with Crippen LogP contribution < -0.4 is 10.2 Å². The fourth-order valence-corrected chi connectivity index (χ4v) is 2.27. The lowest BCUT2D eigenvalue weighted by Crippen LogP contribution is -2.18. The van der Waals surface area contributed by atoms with Gasteiger partial charge in [0.05, 0.1) is 11.8 Å². The Labute approximate surface area is 149 Å². The summed E-state index contributed by atoms with van der Waals surface area (Å²) in [5.74, 6) is 0.999. The Bertz CT molecular complexity index is 898. The highest BCUT2D eigenvalue weighted by atomic mass is 35.5. The molecule has 1 heterocycles. The van der Waals surface area contributed by atoms with Gasteiger partial charge in [0.15, 0.2) is 0 Å². The molecule has 0 fully saturated rings. The number of hydrazone groups is 1. The van der Waals surface area contributed by atoms with Crippen LogP contribution in [-0.2, 0) is 0 Å². The molecule has 3 aromatic rings. The van der Waals surface area contributed by atoms with Gasteiger partial charge in [0.25, 0.3) is 5.91 Å². The predicted molar refractivity (Wildman–Crippen MR) is 97.3 cm³/mol. The van der Waals surface area contributed by atoms with Crippen molar-refractivity contribution in [2.45, 2.75) is 0 Å². The van der Waals surface area contributed by atoms with Crippen LogP contribution in [0.3, 0.4) is 0 Å². The molecule has 0 aliphatic carbocycles. The summed E-state index contributed by atoms with van der Waals surface area (Å²) in [6, 6.07) is 20.1. The maximum absolute atomic E-state index is 12.0. The molecule has 6 heteroatoms. The molecule has 0 unspecified atom stereocenters. The minimum absolute atomic E-state index is 0.133. The van der Waals surface area contributed by atoms with Crippen molar-refractivity contribution in [2.24, 2.45) is 5.10 Å². The van der Waals surface area contributed by atoms with Crippen LogP contribution in [0.5, 0.6) is 11.5 Å². The maximum atomic E-state index is 12.0. The number of carbonyl (C=O) groups excluding carboxylic acids is 1. The van der Waals surface area contributed by atoms with Gasteiger partial charge in [-0.1, -0.05) is 41.9 Å². The number of hydrogen-bond donors (Lipinski definition) is 1. The third-order valence-corrected chi connectivity index (χ3v) is 3.52. The van der Waals surface area contributed by atoms with Gasteiger partial charge in [-0.05, 0) is 42.0 Å². The van der Waals surface area contributed by atoms with Gasteiger partial charge in [-0.3, -0.25) is 4.79 Å². The molecule has 25 heavy (non-hydrogen) atoms. The predicted octanol–water partition coefficient (Wildman–Crippen LogP) is 4.29. The number of nitrogens with one attached hydrogen (secondary N) is 1. The van der Waals surface area contributed by atoms with Crippen LogP contribution in [0.15, 0.2) is 78.0 Å². The molecule has 0 saturated heterocycles. The molecule has 0 aliphatic heterocycles. The van der Waals surface area contributed by atoms with Crippen LogP contribution >= 0.6 is 11.6 Å². The topological polar surface area (TPSA) is 63.6 Å². The van der Waals surface area contributed by atoms with Gasteiger partial charge in [-0.15, -0.1) is 0 Å².